The van der Waals surface area contributed by atoms with E-state index >= 15 is 0 Å². The average Bonchev–Trinajstić information content (AvgIpc) is 3.59. The number of aliphatic hydroxyl groups is 1. The van der Waals surface area contributed by atoms with Gasteiger partial charge in [0, 0.05) is 57.0 Å². The molecule has 0 bridgehead atoms. The fraction of sp³-hybridized carbons (Fsp3) is 0.400. The van der Waals surface area contributed by atoms with Gasteiger partial charge in [-0.2, -0.15) is 0 Å². The Morgan fingerprint density at radius 1 is 0.772 bits per heavy atom. The molecule has 12 heteroatoms. The van der Waals surface area contributed by atoms with E-state index in [4.69, 9.17) is 14.7 Å². The number of carbonyl (C=O) groups is 2. The van der Waals surface area contributed by atoms with E-state index in [2.05, 4.69) is 51.6 Å². The minimum atomic E-state index is -0.566. The van der Waals surface area contributed by atoms with Crippen LogP contribution in [-0.2, 0) is 32.2 Å². The Morgan fingerprint density at radius 2 is 1.49 bits per heavy atom. The van der Waals surface area contributed by atoms with Gasteiger partial charge in [0.1, 0.15) is 0 Å². The lowest BCUT2D eigenvalue weighted by molar-refractivity contribution is -0.253. The number of hydrogen-bond acceptors (Lipinski definition) is 8. The molecule has 3 atom stereocenters. The SMILES string of the molecule is O=C(CCCCCCC(=O)NCc1cccc(-c2ccc([C@@H]3O[C@H](CN4CCC(n5c(=O)[nH]c6ccccc65)CC4)C[C@H](c4ccc(CO)cc4)O3)cc2)c1)NO. The molecular weight excluding hydrogens is 723 g/mol. The van der Waals surface area contributed by atoms with Gasteiger partial charge >= 0.3 is 5.69 Å². The number of hydrogen-bond donors (Lipinski definition) is 5. The van der Waals surface area contributed by atoms with Crippen molar-refractivity contribution in [1.29, 1.82) is 0 Å². The molecule has 2 fully saturated rings. The molecule has 0 spiro atoms. The Hall–Kier alpha value is -5.11. The number of carbonyl (C=O) groups excluding carboxylic acids is 2. The van der Waals surface area contributed by atoms with E-state index in [0.29, 0.717) is 25.8 Å². The highest BCUT2D eigenvalue weighted by atomic mass is 16.7. The van der Waals surface area contributed by atoms with Crippen LogP contribution in [0.3, 0.4) is 0 Å². The van der Waals surface area contributed by atoms with Gasteiger partial charge in [0.25, 0.3) is 0 Å². The molecular formula is C45H53N5O7. The minimum Gasteiger partial charge on any atom is -0.392 e. The molecule has 57 heavy (non-hydrogen) atoms. The molecule has 300 valence electrons. The molecule has 7 rings (SSSR count). The summed E-state index contributed by atoms with van der Waals surface area (Å²) in [5.41, 5.74) is 9.35. The van der Waals surface area contributed by atoms with Crippen LogP contribution in [0.15, 0.2) is 102 Å². The maximum absolute atomic E-state index is 12.9. The summed E-state index contributed by atoms with van der Waals surface area (Å²) < 4.78 is 15.3. The number of aromatic nitrogens is 2. The molecule has 1 aromatic heterocycles. The number of fused-ring (bicyclic) bond motifs is 1. The number of nitrogens with one attached hydrogen (secondary N) is 3. The highest BCUT2D eigenvalue weighted by Crippen LogP contribution is 2.39. The fourth-order valence-electron chi connectivity index (χ4n) is 8.08. The van der Waals surface area contributed by atoms with Gasteiger partial charge in [0.2, 0.25) is 11.8 Å². The van der Waals surface area contributed by atoms with E-state index < -0.39 is 6.29 Å². The Balaban J connectivity index is 0.963. The number of piperidine rings is 1. The molecule has 2 aliphatic heterocycles. The number of likely N-dealkylation sites (tertiary alicyclic amines) is 1. The second-order valence-electron chi connectivity index (χ2n) is 15.2. The first-order valence-electron chi connectivity index (χ1n) is 20.2. The van der Waals surface area contributed by atoms with Crippen LogP contribution in [-0.4, -0.2) is 62.3 Å². The Bertz CT molecular complexity index is 2140. The van der Waals surface area contributed by atoms with Gasteiger partial charge in [-0.1, -0.05) is 91.7 Å². The summed E-state index contributed by atoms with van der Waals surface area (Å²) in [6.45, 7) is 2.91. The molecule has 5 aromatic rings. The topological polar surface area (TPSA) is 158 Å². The third-order valence-electron chi connectivity index (χ3n) is 11.2. The normalized spacial score (nSPS) is 19.1. The van der Waals surface area contributed by atoms with E-state index in [-0.39, 0.29) is 48.8 Å². The van der Waals surface area contributed by atoms with Crippen molar-refractivity contribution in [3.8, 4) is 11.1 Å². The number of nitrogens with zero attached hydrogens (tertiary/aromatic N) is 2. The summed E-state index contributed by atoms with van der Waals surface area (Å²) in [4.78, 5) is 41.9. The third kappa shape index (κ3) is 10.4. The first-order valence-corrected chi connectivity index (χ1v) is 20.2. The largest absolute Gasteiger partial charge is 0.392 e. The summed E-state index contributed by atoms with van der Waals surface area (Å²) in [5, 5.41) is 21.2. The van der Waals surface area contributed by atoms with Crippen molar-refractivity contribution in [2.45, 2.75) is 95.5 Å². The van der Waals surface area contributed by atoms with Crippen molar-refractivity contribution in [3.63, 3.8) is 0 Å². The molecule has 0 unspecified atom stereocenters. The second kappa shape index (κ2) is 19.4. The predicted molar refractivity (Wildman–Crippen MR) is 217 cm³/mol. The first kappa shape index (κ1) is 40.1. The van der Waals surface area contributed by atoms with E-state index in [0.717, 1.165) is 96.2 Å². The van der Waals surface area contributed by atoms with Gasteiger partial charge in [0.05, 0.1) is 29.8 Å². The Labute approximate surface area is 332 Å². The van der Waals surface area contributed by atoms with E-state index in [1.807, 2.05) is 65.2 Å². The zero-order valence-corrected chi connectivity index (χ0v) is 32.3. The smallest absolute Gasteiger partial charge is 0.326 e. The van der Waals surface area contributed by atoms with Crippen molar-refractivity contribution in [2.75, 3.05) is 19.6 Å². The van der Waals surface area contributed by atoms with E-state index in [1.165, 1.54) is 0 Å². The van der Waals surface area contributed by atoms with Gasteiger partial charge in [0.15, 0.2) is 6.29 Å². The number of aromatic amines is 1. The van der Waals surface area contributed by atoms with Crippen LogP contribution in [0.5, 0.6) is 0 Å². The van der Waals surface area contributed by atoms with E-state index in [9.17, 15) is 19.5 Å². The number of unbranched alkanes of at least 4 members (excludes halogenated alkanes) is 3. The van der Waals surface area contributed by atoms with Crippen LogP contribution >= 0.6 is 0 Å². The van der Waals surface area contributed by atoms with Crippen LogP contribution in [0.25, 0.3) is 22.2 Å². The number of aliphatic hydroxyl groups excluding tert-OH is 1. The summed E-state index contributed by atoms with van der Waals surface area (Å²) in [5.74, 6) is -0.386. The first-order chi connectivity index (χ1) is 27.9. The number of para-hydroxylation sites is 2. The standard InChI is InChI=1S/C45H53N5O7/c51-30-31-14-16-34(17-15-31)41-27-38(29-49-24-22-37(23-25-49)50-40-11-6-5-10-39(40)47-45(50)54)56-44(57-41)35-20-18-33(19-21-35)36-9-7-8-32(26-36)28-46-42(52)12-3-1-2-4-13-43(53)48-55/h5-11,14-21,26,37-38,41,44,51,55H,1-4,12-13,22-25,27-30H2,(H,46,52)(H,47,54)(H,48,53)/t38-,41+,44+/m0/s1. The molecule has 12 nitrogen and oxygen atoms in total. The van der Waals surface area contributed by atoms with Gasteiger partial charge in [-0.05, 0) is 71.7 Å². The van der Waals surface area contributed by atoms with Crippen molar-refractivity contribution in [2.24, 2.45) is 0 Å². The number of imidazole rings is 1. The zero-order chi connectivity index (χ0) is 39.6. The second-order valence-corrected chi connectivity index (χ2v) is 15.2. The van der Waals surface area contributed by atoms with Crippen LogP contribution in [0.4, 0.5) is 0 Å². The predicted octanol–water partition coefficient (Wildman–Crippen LogP) is 6.83. The molecule has 3 heterocycles. The monoisotopic (exact) mass is 775 g/mol. The quantitative estimate of drug-likeness (QED) is 0.0415. The maximum atomic E-state index is 12.9. The summed E-state index contributed by atoms with van der Waals surface area (Å²) in [6, 6.07) is 32.4. The van der Waals surface area contributed by atoms with E-state index in [1.54, 1.807) is 5.48 Å². The molecule has 0 saturated carbocycles. The van der Waals surface area contributed by atoms with Crippen molar-refractivity contribution >= 4 is 22.8 Å². The summed E-state index contributed by atoms with van der Waals surface area (Å²) in [7, 11) is 0. The van der Waals surface area contributed by atoms with Crippen molar-refractivity contribution in [1.82, 2.24) is 25.2 Å². The molecule has 0 radical (unpaired) electrons. The lowest BCUT2D eigenvalue weighted by Gasteiger charge is -2.40. The summed E-state index contributed by atoms with van der Waals surface area (Å²) in [6.07, 6.45) is 5.46. The van der Waals surface area contributed by atoms with Gasteiger partial charge in [-0.25, -0.2) is 10.3 Å². The Kier molecular flexibility index (Phi) is 13.6. The highest BCUT2D eigenvalue weighted by Gasteiger charge is 2.34. The molecule has 2 saturated heterocycles. The molecule has 2 amide bonds. The number of benzene rings is 4. The molecule has 4 aromatic carbocycles. The van der Waals surface area contributed by atoms with Crippen LogP contribution in [0.2, 0.25) is 0 Å². The fourth-order valence-corrected chi connectivity index (χ4v) is 8.08. The minimum absolute atomic E-state index is 0.00181. The summed E-state index contributed by atoms with van der Waals surface area (Å²) >= 11 is 0. The average molecular weight is 776 g/mol. The van der Waals surface area contributed by atoms with Gasteiger partial charge < -0.3 is 29.8 Å². The third-order valence-corrected chi connectivity index (χ3v) is 11.2. The van der Waals surface area contributed by atoms with Gasteiger partial charge in [-0.15, -0.1) is 0 Å². The number of hydroxylamine groups is 1. The van der Waals surface area contributed by atoms with Gasteiger partial charge in [-0.3, -0.25) is 19.4 Å². The van der Waals surface area contributed by atoms with Crippen LogP contribution in [0, 0.1) is 0 Å². The number of H-pyrrole nitrogens is 1. The van der Waals surface area contributed by atoms with Crippen molar-refractivity contribution in [3.05, 3.63) is 130 Å². The number of rotatable bonds is 16. The highest BCUT2D eigenvalue weighted by molar-refractivity contribution is 5.76. The lowest BCUT2D eigenvalue weighted by Crippen LogP contribution is -2.43. The molecule has 2 aliphatic rings. The number of amides is 2. The zero-order valence-electron chi connectivity index (χ0n) is 32.3. The Morgan fingerprint density at radius 3 is 2.23 bits per heavy atom. The molecule has 5 N–H and O–H groups in total. The number of ether oxygens (including phenoxy) is 2. The van der Waals surface area contributed by atoms with Crippen LogP contribution in [0.1, 0.15) is 98.5 Å². The lowest BCUT2D eigenvalue weighted by atomic mass is 9.98. The maximum Gasteiger partial charge on any atom is 0.326 e. The van der Waals surface area contributed by atoms with Crippen LogP contribution < -0.4 is 16.5 Å². The molecule has 0 aliphatic carbocycles. The van der Waals surface area contributed by atoms with Crippen molar-refractivity contribution < 1.29 is 29.4 Å².